The van der Waals surface area contributed by atoms with Crippen molar-refractivity contribution in [1.29, 1.82) is 0 Å². The smallest absolute Gasteiger partial charge is 0.415 e. The Morgan fingerprint density at radius 3 is 0.824 bits per heavy atom. The molecule has 17 heavy (non-hydrogen) atoms. The van der Waals surface area contributed by atoms with E-state index in [0.717, 1.165) is 0 Å². The fraction of sp³-hybridized carbons (Fsp3) is 1.00. The maximum absolute atomic E-state index is 6.06. The van der Waals surface area contributed by atoms with Gasteiger partial charge in [-0.25, -0.2) is 0 Å². The molecule has 0 bridgehead atoms. The van der Waals surface area contributed by atoms with E-state index in [1.807, 2.05) is 0 Å². The molecule has 0 fully saturated rings. The van der Waals surface area contributed by atoms with Crippen molar-refractivity contribution in [2.24, 2.45) is 0 Å². The first-order valence-corrected chi connectivity index (χ1v) is 17.2. The fourth-order valence-corrected chi connectivity index (χ4v) is 8.44. The van der Waals surface area contributed by atoms with Gasteiger partial charge in [-0.15, -0.1) is 0 Å². The molecule has 3 nitrogen and oxygen atoms in total. The molecule has 0 saturated heterocycles. The van der Waals surface area contributed by atoms with Gasteiger partial charge in [0.05, 0.1) is 0 Å². The zero-order valence-corrected chi connectivity index (χ0v) is 23.3. The van der Waals surface area contributed by atoms with Crippen LogP contribution in [0.2, 0.25) is 58.9 Å². The SMILES string of the molecule is C[Si](C)(C)O[Si](O[Si](C)(C)C)O[Si](C)(C)C.[Rf]. The molecule has 0 amide bonds. The van der Waals surface area contributed by atoms with Gasteiger partial charge in [-0.1, -0.05) is 0 Å². The molecule has 0 aromatic rings. The molecule has 0 heterocycles. The summed E-state index contributed by atoms with van der Waals surface area (Å²) in [6, 6.07) is 0. The summed E-state index contributed by atoms with van der Waals surface area (Å²) < 4.78 is 18.2. The van der Waals surface area contributed by atoms with Crippen molar-refractivity contribution in [1.82, 2.24) is 0 Å². The van der Waals surface area contributed by atoms with Crippen LogP contribution in [0, 0.1) is 0 Å². The van der Waals surface area contributed by atoms with Crippen molar-refractivity contribution >= 4 is 34.5 Å². The predicted molar refractivity (Wildman–Crippen MR) is 79.0 cm³/mol. The Balaban J connectivity index is 0. The summed E-state index contributed by atoms with van der Waals surface area (Å²) in [5.41, 5.74) is 0. The third-order valence-electron chi connectivity index (χ3n) is 1.17. The number of hydrogen-bond donors (Lipinski definition) is 0. The average Bonchev–Trinajstić information content (AvgIpc) is 1.70. The molecule has 8 heteroatoms. The minimum absolute atomic E-state index is 0. The van der Waals surface area contributed by atoms with E-state index in [2.05, 4.69) is 58.9 Å². The molecule has 0 aromatic heterocycles. The van der Waals surface area contributed by atoms with Gasteiger partial charge in [-0.05, 0) is 58.9 Å². The molecule has 0 unspecified atom stereocenters. The summed E-state index contributed by atoms with van der Waals surface area (Å²) >= 11 is 0. The van der Waals surface area contributed by atoms with E-state index in [1.54, 1.807) is 0 Å². The first kappa shape index (κ1) is 19.1. The Morgan fingerprint density at radius 2 is 0.706 bits per heavy atom. The van der Waals surface area contributed by atoms with Crippen molar-refractivity contribution in [2.75, 3.05) is 0 Å². The molecule has 0 aromatic carbocycles. The topological polar surface area (TPSA) is 27.7 Å². The molecule has 0 N–H and O–H groups in total. The molecular formula is C9H27O3RfSi4. The monoisotopic (exact) mass is 562 g/mol. The fourth-order valence-electron chi connectivity index (χ4n) is 0.812. The van der Waals surface area contributed by atoms with Gasteiger partial charge in [0, 0.05) is 0 Å². The Labute approximate surface area is 106 Å². The minimum atomic E-state index is -1.58. The van der Waals surface area contributed by atoms with Crippen molar-refractivity contribution in [3.63, 3.8) is 0 Å². The third-order valence-corrected chi connectivity index (χ3v) is 10.5. The van der Waals surface area contributed by atoms with Crippen molar-refractivity contribution < 1.29 is 12.3 Å². The van der Waals surface area contributed by atoms with Crippen molar-refractivity contribution in [3.05, 3.63) is 0 Å². The Kier molecular flexibility index (Phi) is 6.82. The molecule has 0 saturated carbocycles. The van der Waals surface area contributed by atoms with Crippen LogP contribution in [-0.2, 0) is 12.3 Å². The normalized spacial score (nSPS) is 13.8. The summed E-state index contributed by atoms with van der Waals surface area (Å²) in [6.07, 6.45) is 0. The van der Waals surface area contributed by atoms with E-state index in [0.29, 0.717) is 0 Å². The predicted octanol–water partition coefficient (Wildman–Crippen LogP) is 3.53. The molecule has 0 aliphatic heterocycles. The second-order valence-electron chi connectivity index (χ2n) is 6.89. The van der Waals surface area contributed by atoms with Gasteiger partial charge in [0.25, 0.3) is 0 Å². The standard InChI is InChI=1S/C9H27O3Si4.Rf/c1-14(2,3)10-13(11-15(4,5)6)12-16(7,8)9;/h1-9H3;. The van der Waals surface area contributed by atoms with Gasteiger partial charge in [0.1, 0.15) is 0 Å². The molecule has 0 aliphatic rings. The van der Waals surface area contributed by atoms with E-state index in [-0.39, 0.29) is 0 Å². The van der Waals surface area contributed by atoms with Crippen LogP contribution in [0.4, 0.5) is 0 Å². The van der Waals surface area contributed by atoms with Gasteiger partial charge in [-0.2, -0.15) is 0 Å². The zero-order chi connectivity index (χ0) is 13.2. The second-order valence-corrected chi connectivity index (χ2v) is 22.5. The summed E-state index contributed by atoms with van der Waals surface area (Å²) in [5.74, 6) is 0. The molecule has 1 radical (unpaired) electrons. The van der Waals surface area contributed by atoms with Gasteiger partial charge >= 0.3 is 9.53 Å². The Morgan fingerprint density at radius 1 is 0.529 bits per heavy atom. The van der Waals surface area contributed by atoms with E-state index < -0.39 is 34.5 Å². The van der Waals surface area contributed by atoms with Crippen LogP contribution in [0.15, 0.2) is 0 Å². The third kappa shape index (κ3) is 13.7. The minimum Gasteiger partial charge on any atom is -0.415 e. The van der Waals surface area contributed by atoms with Gasteiger partial charge in [0.15, 0.2) is 25.0 Å². The summed E-state index contributed by atoms with van der Waals surface area (Å²) in [4.78, 5) is 0. The van der Waals surface area contributed by atoms with Gasteiger partial charge in [-0.3, -0.25) is 0 Å². The largest absolute Gasteiger partial charge is 0.544 e. The van der Waals surface area contributed by atoms with E-state index in [9.17, 15) is 0 Å². The van der Waals surface area contributed by atoms with Crippen LogP contribution in [-0.4, -0.2) is 34.5 Å². The van der Waals surface area contributed by atoms with Crippen molar-refractivity contribution in [2.45, 2.75) is 58.9 Å². The number of rotatable bonds is 6. The number of hydrogen-bond acceptors (Lipinski definition) is 3. The maximum Gasteiger partial charge on any atom is 0.544 e. The average molecular weight is 563 g/mol. The van der Waals surface area contributed by atoms with E-state index in [1.165, 1.54) is 0 Å². The summed E-state index contributed by atoms with van der Waals surface area (Å²) in [6.45, 7) is 19.6. The molecular weight excluding hydrogens is 535 g/mol. The first-order valence-electron chi connectivity index (χ1n) is 5.72. The maximum atomic E-state index is 6.06. The molecule has 0 rings (SSSR count). The van der Waals surface area contributed by atoms with E-state index >= 15 is 0 Å². The summed E-state index contributed by atoms with van der Waals surface area (Å²) in [5, 5.41) is 0. The molecule has 0 spiro atoms. The van der Waals surface area contributed by atoms with Crippen LogP contribution in [0.1, 0.15) is 0 Å². The van der Waals surface area contributed by atoms with Crippen molar-refractivity contribution in [3.8, 4) is 0 Å². The molecule has 0 atom stereocenters. The van der Waals surface area contributed by atoms with Crippen LogP contribution in [0.3, 0.4) is 0 Å². The van der Waals surface area contributed by atoms with Crippen LogP contribution < -0.4 is 0 Å². The summed E-state index contributed by atoms with van der Waals surface area (Å²) in [7, 11) is -6.27. The van der Waals surface area contributed by atoms with Crippen LogP contribution in [0.5, 0.6) is 0 Å². The van der Waals surface area contributed by atoms with Crippen LogP contribution in [0.25, 0.3) is 0 Å². The molecule has 99 valence electrons. The van der Waals surface area contributed by atoms with Gasteiger partial charge < -0.3 is 12.3 Å². The quantitative estimate of drug-likeness (QED) is 0.464. The first-order chi connectivity index (χ1) is 6.79. The zero-order valence-electron chi connectivity index (χ0n) is 12.9. The second kappa shape index (κ2) is 6.07. The van der Waals surface area contributed by atoms with E-state index in [4.69, 9.17) is 12.3 Å². The Hall–Kier alpha value is -0.252. The van der Waals surface area contributed by atoms with Gasteiger partial charge in [0.2, 0.25) is 0 Å². The molecule has 0 aliphatic carbocycles. The van der Waals surface area contributed by atoms with Crippen LogP contribution >= 0.6 is 0 Å². The Bertz CT molecular complexity index is 182.